The van der Waals surface area contributed by atoms with Gasteiger partial charge in [0.15, 0.2) is 0 Å². The minimum absolute atomic E-state index is 0.0556. The number of hydrogen-bond donors (Lipinski definition) is 3. The fraction of sp³-hybridized carbons (Fsp3) is 0.889. The molecule has 0 saturated carbocycles. The number of nitrogens with one attached hydrogen (secondary N) is 1. The van der Waals surface area contributed by atoms with Gasteiger partial charge in [0.25, 0.3) is 0 Å². The van der Waals surface area contributed by atoms with E-state index in [2.05, 4.69) is 19.2 Å². The van der Waals surface area contributed by atoms with Crippen molar-refractivity contribution in [1.82, 2.24) is 5.32 Å². The van der Waals surface area contributed by atoms with Gasteiger partial charge < -0.3 is 16.2 Å². The zero-order valence-corrected chi connectivity index (χ0v) is 9.00. The standard InChI is InChI=1S/C5H13N.C4H9NO2/c1-4-5(2)6-3;1-3(6)2-4(5)7/h5-6H,4H2,1-3H3;3,6H,2H2,1H3,(H2,5,7). The number of carbonyl (C=O) groups is 1. The fourth-order valence-corrected chi connectivity index (χ4v) is 0.495. The van der Waals surface area contributed by atoms with E-state index in [-0.39, 0.29) is 6.42 Å². The minimum atomic E-state index is -0.600. The molecule has 2 unspecified atom stereocenters. The summed E-state index contributed by atoms with van der Waals surface area (Å²) in [4.78, 5) is 9.87. The Kier molecular flexibility index (Phi) is 10.9. The Morgan fingerprint density at radius 2 is 2.00 bits per heavy atom. The molecule has 0 spiro atoms. The first-order valence-corrected chi connectivity index (χ1v) is 4.57. The molecular formula is C9H22N2O2. The Balaban J connectivity index is 0. The molecule has 0 aromatic rings. The Labute approximate surface area is 80.5 Å². The maximum Gasteiger partial charge on any atom is 0.220 e. The van der Waals surface area contributed by atoms with Gasteiger partial charge >= 0.3 is 0 Å². The first kappa shape index (κ1) is 14.9. The van der Waals surface area contributed by atoms with Gasteiger partial charge in [-0.3, -0.25) is 4.79 Å². The summed E-state index contributed by atoms with van der Waals surface area (Å²) in [7, 11) is 1.98. The molecule has 0 aliphatic carbocycles. The van der Waals surface area contributed by atoms with Gasteiger partial charge in [0.2, 0.25) is 5.91 Å². The molecule has 1 amide bonds. The van der Waals surface area contributed by atoms with E-state index in [0.29, 0.717) is 6.04 Å². The van der Waals surface area contributed by atoms with Gasteiger partial charge in [-0.05, 0) is 27.3 Å². The third-order valence-electron chi connectivity index (χ3n) is 1.60. The Hall–Kier alpha value is -0.610. The van der Waals surface area contributed by atoms with Crippen LogP contribution in [0.3, 0.4) is 0 Å². The lowest BCUT2D eigenvalue weighted by Crippen LogP contribution is -2.19. The van der Waals surface area contributed by atoms with Gasteiger partial charge in [-0.2, -0.15) is 0 Å². The highest BCUT2D eigenvalue weighted by Gasteiger charge is 1.97. The van der Waals surface area contributed by atoms with Gasteiger partial charge in [0.1, 0.15) is 0 Å². The average Bonchev–Trinajstić information content (AvgIpc) is 2.01. The van der Waals surface area contributed by atoms with Crippen molar-refractivity contribution in [1.29, 1.82) is 0 Å². The first-order chi connectivity index (χ1) is 5.93. The number of hydrogen-bond acceptors (Lipinski definition) is 3. The molecular weight excluding hydrogens is 168 g/mol. The highest BCUT2D eigenvalue weighted by atomic mass is 16.3. The van der Waals surface area contributed by atoms with E-state index in [9.17, 15) is 4.79 Å². The zero-order valence-electron chi connectivity index (χ0n) is 9.00. The molecule has 0 radical (unpaired) electrons. The number of primary amides is 1. The monoisotopic (exact) mass is 190 g/mol. The summed E-state index contributed by atoms with van der Waals surface area (Å²) in [6.45, 7) is 5.85. The summed E-state index contributed by atoms with van der Waals surface area (Å²) in [6, 6.07) is 0.685. The third kappa shape index (κ3) is 18.4. The summed E-state index contributed by atoms with van der Waals surface area (Å²) in [5.41, 5.74) is 4.69. The SMILES string of the molecule is CC(O)CC(N)=O.CCC(C)NC. The van der Waals surface area contributed by atoms with Crippen LogP contribution in [0.5, 0.6) is 0 Å². The van der Waals surface area contributed by atoms with E-state index in [1.54, 1.807) is 0 Å². The largest absolute Gasteiger partial charge is 0.393 e. The third-order valence-corrected chi connectivity index (χ3v) is 1.60. The van der Waals surface area contributed by atoms with Crippen LogP contribution < -0.4 is 11.1 Å². The van der Waals surface area contributed by atoms with Crippen molar-refractivity contribution in [2.24, 2.45) is 5.73 Å². The zero-order chi connectivity index (χ0) is 10.9. The summed E-state index contributed by atoms with van der Waals surface area (Å²) in [6.07, 6.45) is 0.675. The number of aliphatic hydroxyl groups excluding tert-OH is 1. The molecule has 2 atom stereocenters. The minimum Gasteiger partial charge on any atom is -0.393 e. The van der Waals surface area contributed by atoms with E-state index < -0.39 is 12.0 Å². The molecule has 4 N–H and O–H groups in total. The number of rotatable bonds is 4. The van der Waals surface area contributed by atoms with E-state index in [4.69, 9.17) is 10.8 Å². The molecule has 0 heterocycles. The van der Waals surface area contributed by atoms with Crippen molar-refractivity contribution in [2.75, 3.05) is 7.05 Å². The van der Waals surface area contributed by atoms with Gasteiger partial charge in [-0.15, -0.1) is 0 Å². The van der Waals surface area contributed by atoms with Crippen LogP contribution in [-0.2, 0) is 4.79 Å². The molecule has 0 aliphatic rings. The predicted octanol–water partition coefficient (Wildman–Crippen LogP) is 0.247. The molecule has 0 aromatic carbocycles. The summed E-state index contributed by atoms with van der Waals surface area (Å²) >= 11 is 0. The molecule has 4 nitrogen and oxygen atoms in total. The summed E-state index contributed by atoms with van der Waals surface area (Å²) in [5, 5.41) is 11.5. The van der Waals surface area contributed by atoms with Crippen molar-refractivity contribution in [3.05, 3.63) is 0 Å². The summed E-state index contributed by atoms with van der Waals surface area (Å²) < 4.78 is 0. The van der Waals surface area contributed by atoms with Crippen molar-refractivity contribution in [2.45, 2.75) is 45.8 Å². The van der Waals surface area contributed by atoms with Crippen molar-refractivity contribution in [3.8, 4) is 0 Å². The molecule has 0 saturated heterocycles. The van der Waals surface area contributed by atoms with Crippen LogP contribution in [0.4, 0.5) is 0 Å². The molecule has 4 heteroatoms. The number of amides is 1. The molecule has 13 heavy (non-hydrogen) atoms. The van der Waals surface area contributed by atoms with E-state index in [1.807, 2.05) is 7.05 Å². The second-order valence-corrected chi connectivity index (χ2v) is 3.12. The van der Waals surface area contributed by atoms with E-state index in [0.717, 1.165) is 0 Å². The van der Waals surface area contributed by atoms with E-state index >= 15 is 0 Å². The van der Waals surface area contributed by atoms with Gasteiger partial charge in [-0.25, -0.2) is 0 Å². The van der Waals surface area contributed by atoms with E-state index in [1.165, 1.54) is 13.3 Å². The topological polar surface area (TPSA) is 75.3 Å². The second-order valence-electron chi connectivity index (χ2n) is 3.12. The molecule has 0 fully saturated rings. The fourth-order valence-electron chi connectivity index (χ4n) is 0.495. The highest BCUT2D eigenvalue weighted by molar-refractivity contribution is 5.74. The quantitative estimate of drug-likeness (QED) is 0.594. The van der Waals surface area contributed by atoms with Gasteiger partial charge in [0.05, 0.1) is 12.5 Å². The van der Waals surface area contributed by atoms with Crippen LogP contribution >= 0.6 is 0 Å². The number of nitrogens with two attached hydrogens (primary N) is 1. The molecule has 0 aliphatic heterocycles. The first-order valence-electron chi connectivity index (χ1n) is 4.57. The Morgan fingerprint density at radius 1 is 1.54 bits per heavy atom. The smallest absolute Gasteiger partial charge is 0.220 e. The number of carbonyl (C=O) groups excluding carboxylic acids is 1. The second kappa shape index (κ2) is 9.48. The van der Waals surface area contributed by atoms with Gasteiger partial charge in [-0.1, -0.05) is 6.92 Å². The molecule has 0 bridgehead atoms. The predicted molar refractivity (Wildman–Crippen MR) is 54.3 cm³/mol. The van der Waals surface area contributed by atoms with Gasteiger partial charge in [0, 0.05) is 6.04 Å². The van der Waals surface area contributed by atoms with Crippen LogP contribution in [0.2, 0.25) is 0 Å². The van der Waals surface area contributed by atoms with Crippen LogP contribution in [0, 0.1) is 0 Å². The van der Waals surface area contributed by atoms with Crippen molar-refractivity contribution in [3.63, 3.8) is 0 Å². The maximum atomic E-state index is 9.87. The highest BCUT2D eigenvalue weighted by Crippen LogP contribution is 1.84. The Morgan fingerprint density at radius 3 is 2.00 bits per heavy atom. The van der Waals surface area contributed by atoms with Crippen LogP contribution in [0.25, 0.3) is 0 Å². The maximum absolute atomic E-state index is 9.87. The average molecular weight is 190 g/mol. The van der Waals surface area contributed by atoms with Crippen LogP contribution in [0.1, 0.15) is 33.6 Å². The normalized spacial score (nSPS) is 13.9. The Bertz CT molecular complexity index is 123. The van der Waals surface area contributed by atoms with Crippen molar-refractivity contribution < 1.29 is 9.90 Å². The van der Waals surface area contributed by atoms with Crippen LogP contribution in [0.15, 0.2) is 0 Å². The lowest BCUT2D eigenvalue weighted by atomic mass is 10.3. The molecule has 0 rings (SSSR count). The molecule has 80 valence electrons. The number of aliphatic hydroxyl groups is 1. The van der Waals surface area contributed by atoms with Crippen LogP contribution in [-0.4, -0.2) is 30.2 Å². The van der Waals surface area contributed by atoms with Crippen molar-refractivity contribution >= 4 is 5.91 Å². The molecule has 0 aromatic heterocycles. The lowest BCUT2D eigenvalue weighted by molar-refractivity contribution is -0.119. The summed E-state index contributed by atoms with van der Waals surface area (Å²) in [5.74, 6) is -0.463. The lowest BCUT2D eigenvalue weighted by Gasteiger charge is -2.02.